The van der Waals surface area contributed by atoms with E-state index in [0.29, 0.717) is 5.84 Å². The zero-order valence-electron chi connectivity index (χ0n) is 17.4. The number of methoxy groups -OCH3 is 1. The van der Waals surface area contributed by atoms with Crippen molar-refractivity contribution >= 4 is 12.2 Å². The Morgan fingerprint density at radius 1 is 1.15 bits per heavy atom. The first-order valence-corrected chi connectivity index (χ1v) is 8.73. The molecule has 0 saturated carbocycles. The lowest BCUT2D eigenvalue weighted by atomic mass is 10.2. The predicted octanol–water partition coefficient (Wildman–Crippen LogP) is 1.23. The highest BCUT2D eigenvalue weighted by Gasteiger charge is 2.07. The van der Waals surface area contributed by atoms with E-state index in [-0.39, 0.29) is 5.60 Å². The van der Waals surface area contributed by atoms with Crippen LogP contribution in [0, 0.1) is 6.92 Å². The number of aromatic nitrogens is 1. The Balaban J connectivity index is 0.000000388. The highest BCUT2D eigenvalue weighted by molar-refractivity contribution is 6.01. The fraction of sp³-hybridized carbons (Fsp3) is 0.667. The van der Waals surface area contributed by atoms with Crippen molar-refractivity contribution in [2.75, 3.05) is 47.4 Å². The first-order chi connectivity index (χ1) is 12.1. The van der Waals surface area contributed by atoms with E-state index in [0.717, 1.165) is 17.7 Å². The predicted molar refractivity (Wildman–Crippen MR) is 111 cm³/mol. The van der Waals surface area contributed by atoms with E-state index >= 15 is 0 Å². The maximum Gasteiger partial charge on any atom is 0.196 e. The van der Waals surface area contributed by atoms with Crippen molar-refractivity contribution in [1.82, 2.24) is 14.8 Å². The number of aryl methyl sites for hydroxylation is 1. The third kappa shape index (κ3) is 11.6. The number of nitrogens with one attached hydrogen (secondary N) is 1. The lowest BCUT2D eigenvalue weighted by Crippen LogP contribution is -2.42. The van der Waals surface area contributed by atoms with Crippen LogP contribution in [0.4, 0.5) is 0 Å². The second kappa shape index (κ2) is 12.5. The fourth-order valence-electron chi connectivity index (χ4n) is 1.78. The van der Waals surface area contributed by atoms with Crippen LogP contribution in [-0.4, -0.2) is 79.9 Å². The van der Waals surface area contributed by atoms with Crippen molar-refractivity contribution in [1.29, 1.82) is 0 Å². The topological polar surface area (TPSA) is 108 Å². The first-order valence-electron chi connectivity index (χ1n) is 8.73. The molecule has 2 heterocycles. The quantitative estimate of drug-likeness (QED) is 0.299. The molecule has 0 aromatic carbocycles. The van der Waals surface area contributed by atoms with Crippen molar-refractivity contribution in [2.24, 2.45) is 21.7 Å². The van der Waals surface area contributed by atoms with Crippen LogP contribution in [0.25, 0.3) is 0 Å². The van der Waals surface area contributed by atoms with Gasteiger partial charge in [-0.15, -0.1) is 0 Å². The van der Waals surface area contributed by atoms with Gasteiger partial charge in [-0.05, 0) is 53.9 Å². The van der Waals surface area contributed by atoms with Crippen LogP contribution < -0.4 is 11.6 Å². The third-order valence-electron chi connectivity index (χ3n) is 3.73. The van der Waals surface area contributed by atoms with Crippen molar-refractivity contribution in [2.45, 2.75) is 33.3 Å². The molecule has 1 aliphatic rings. The summed E-state index contributed by atoms with van der Waals surface area (Å²) in [6, 6.07) is 3.75. The van der Waals surface area contributed by atoms with Crippen LogP contribution in [0.15, 0.2) is 22.2 Å². The van der Waals surface area contributed by atoms with Gasteiger partial charge in [0.25, 0.3) is 0 Å². The van der Waals surface area contributed by atoms with E-state index in [2.05, 4.69) is 39.0 Å². The molecule has 0 aliphatic carbocycles. The van der Waals surface area contributed by atoms with Crippen LogP contribution in [-0.2, 0) is 4.74 Å². The minimum Gasteiger partial charge on any atom is -0.390 e. The summed E-state index contributed by atoms with van der Waals surface area (Å²) in [5, 5.41) is 3.47. The zero-order valence-corrected chi connectivity index (χ0v) is 17.4. The maximum absolute atomic E-state index is 5.11. The Kier molecular flexibility index (Phi) is 11.5. The molecule has 26 heavy (non-hydrogen) atoms. The molecule has 0 radical (unpaired) electrons. The van der Waals surface area contributed by atoms with Gasteiger partial charge in [-0.3, -0.25) is 0 Å². The van der Waals surface area contributed by atoms with Crippen LogP contribution in [0.1, 0.15) is 32.2 Å². The van der Waals surface area contributed by atoms with Crippen molar-refractivity contribution in [3.8, 4) is 0 Å². The molecule has 1 aliphatic heterocycles. The Bertz CT molecular complexity index is 528. The van der Waals surface area contributed by atoms with Gasteiger partial charge in [0.2, 0.25) is 0 Å². The van der Waals surface area contributed by atoms with Gasteiger partial charge >= 0.3 is 0 Å². The second-order valence-corrected chi connectivity index (χ2v) is 7.21. The van der Waals surface area contributed by atoms with Gasteiger partial charge < -0.3 is 31.1 Å². The number of nitrogens with two attached hydrogens (primary N) is 2. The molecule has 150 valence electrons. The average Bonchev–Trinajstić information content (AvgIpc) is 3.02. The molecule has 0 spiro atoms. The van der Waals surface area contributed by atoms with Gasteiger partial charge in [0.05, 0.1) is 17.6 Å². The van der Waals surface area contributed by atoms with Crippen molar-refractivity contribution < 1.29 is 4.74 Å². The third-order valence-corrected chi connectivity index (χ3v) is 3.73. The Hall–Kier alpha value is -1.90. The number of aliphatic imine (C=N–C) groups is 1. The van der Waals surface area contributed by atoms with Gasteiger partial charge in [-0.25, -0.2) is 4.99 Å². The van der Waals surface area contributed by atoms with Gasteiger partial charge in [-0.2, -0.15) is 5.10 Å². The summed E-state index contributed by atoms with van der Waals surface area (Å²) in [7, 11) is 6.06. The van der Waals surface area contributed by atoms with Gasteiger partial charge in [0.1, 0.15) is 0 Å². The van der Waals surface area contributed by atoms with Gasteiger partial charge in [0.15, 0.2) is 5.84 Å². The number of hydrazone groups is 1. The highest BCUT2D eigenvalue weighted by Crippen LogP contribution is 2.02. The number of rotatable bonds is 1. The number of H-pyrrole nitrogens is 1. The van der Waals surface area contributed by atoms with Crippen molar-refractivity contribution in [3.63, 3.8) is 0 Å². The smallest absolute Gasteiger partial charge is 0.196 e. The number of ether oxygens (including phenoxy) is 1. The van der Waals surface area contributed by atoms with Crippen LogP contribution in [0.2, 0.25) is 0 Å². The van der Waals surface area contributed by atoms with Crippen molar-refractivity contribution in [3.05, 3.63) is 23.5 Å². The van der Waals surface area contributed by atoms with Crippen LogP contribution >= 0.6 is 0 Å². The summed E-state index contributed by atoms with van der Waals surface area (Å²) in [4.78, 5) is 11.5. The van der Waals surface area contributed by atoms with E-state index in [4.69, 9.17) is 16.3 Å². The number of hydrogen-bond acceptors (Lipinski definition) is 5. The lowest BCUT2D eigenvalue weighted by Gasteiger charge is -2.28. The number of amidine groups is 1. The summed E-state index contributed by atoms with van der Waals surface area (Å²) >= 11 is 0. The monoisotopic (exact) mass is 367 g/mol. The van der Waals surface area contributed by atoms with E-state index in [1.807, 2.05) is 39.8 Å². The summed E-state index contributed by atoms with van der Waals surface area (Å²) in [6.07, 6.45) is 1.15. The molecule has 1 fully saturated rings. The number of likely N-dealkylation sites (N-methyl/N-ethyl adjacent to an activating group) is 2. The number of nitrogens with zero attached hydrogens (tertiary/aromatic N) is 4. The lowest BCUT2D eigenvalue weighted by molar-refractivity contribution is 0.0397. The van der Waals surface area contributed by atoms with Crippen LogP contribution in [0.3, 0.4) is 0 Å². The molecule has 0 amide bonds. The number of aromatic amines is 1. The summed E-state index contributed by atoms with van der Waals surface area (Å²) in [6.45, 7) is 12.9. The molecule has 1 aromatic rings. The molecular weight excluding hydrogens is 330 g/mol. The minimum atomic E-state index is 0.0417. The average molecular weight is 368 g/mol. The number of piperazine rings is 1. The molecule has 5 N–H and O–H groups in total. The molecule has 0 unspecified atom stereocenters. The van der Waals surface area contributed by atoms with Gasteiger partial charge in [-0.1, -0.05) is 0 Å². The largest absolute Gasteiger partial charge is 0.390 e. The standard InChI is InChI=1S/C7H11N5.C6H14N2.C5H12O/c1-5-2-3-6(11-5)7(12-9)10-4-8;1-7-3-5-8(2)6-4-7;1-5(2,3)6-4/h2-4,11H,9H2,1H3,(H2,8,10,12);3-6H2,1-2H3;1-4H3. The fourth-order valence-corrected chi connectivity index (χ4v) is 1.78. The Morgan fingerprint density at radius 3 is 1.88 bits per heavy atom. The normalized spacial score (nSPS) is 16.7. The SMILES string of the molecule is CN1CCN(C)CC1.COC(C)(C)C.Cc1ccc(/C(N=CN)=N/N)[nH]1. The van der Waals surface area contributed by atoms with E-state index in [9.17, 15) is 0 Å². The molecule has 8 nitrogen and oxygen atoms in total. The van der Waals surface area contributed by atoms with E-state index < -0.39 is 0 Å². The minimum absolute atomic E-state index is 0.0417. The molecule has 0 bridgehead atoms. The highest BCUT2D eigenvalue weighted by atomic mass is 16.5. The Morgan fingerprint density at radius 2 is 1.62 bits per heavy atom. The molecule has 8 heteroatoms. The van der Waals surface area contributed by atoms with Crippen LogP contribution in [0.5, 0.6) is 0 Å². The van der Waals surface area contributed by atoms with Gasteiger partial charge in [0, 0.05) is 39.0 Å². The number of hydrogen-bond donors (Lipinski definition) is 3. The molecule has 1 saturated heterocycles. The molecule has 0 atom stereocenters. The van der Waals surface area contributed by atoms with E-state index in [1.54, 1.807) is 7.11 Å². The zero-order chi connectivity index (χ0) is 20.2. The van der Waals surface area contributed by atoms with E-state index in [1.165, 1.54) is 26.2 Å². The molecule has 2 rings (SSSR count). The Labute approximate surface area is 158 Å². The summed E-state index contributed by atoms with van der Waals surface area (Å²) in [5.74, 6) is 5.49. The second-order valence-electron chi connectivity index (χ2n) is 7.21. The maximum atomic E-state index is 5.11. The summed E-state index contributed by atoms with van der Waals surface area (Å²) in [5.41, 5.74) is 6.94. The molecular formula is C18H37N7O. The summed E-state index contributed by atoms with van der Waals surface area (Å²) < 4.78 is 4.94. The first kappa shape index (κ1) is 24.1. The molecule has 1 aromatic heterocycles.